The van der Waals surface area contributed by atoms with E-state index in [-0.39, 0.29) is 37.7 Å². The fourth-order valence-corrected chi connectivity index (χ4v) is 5.81. The topological polar surface area (TPSA) is 175 Å². The van der Waals surface area contributed by atoms with Gasteiger partial charge in [0.2, 0.25) is 17.7 Å². The SMILES string of the molecule is CCCCNC(=O)CC(O)C(CC(C)C)NC(=O)[C@H](Cc1c[nH]cn1)NC(=O)[C@H](Cc1cccc2ccccc12)NC(=O)OCc1ccccc1. The molecule has 4 amide bonds. The van der Waals surface area contributed by atoms with Crippen molar-refractivity contribution in [1.29, 1.82) is 0 Å². The van der Waals surface area contributed by atoms with Crippen LogP contribution < -0.4 is 21.3 Å². The van der Waals surface area contributed by atoms with E-state index >= 15 is 0 Å². The maximum absolute atomic E-state index is 14.1. The van der Waals surface area contributed by atoms with E-state index in [0.717, 1.165) is 34.7 Å². The van der Waals surface area contributed by atoms with Gasteiger partial charge in [0.05, 0.1) is 30.6 Å². The first kappa shape index (κ1) is 38.6. The van der Waals surface area contributed by atoms with Gasteiger partial charge in [-0.2, -0.15) is 0 Å². The Balaban J connectivity index is 1.55. The number of hydrogen-bond donors (Lipinski definition) is 6. The number of benzene rings is 3. The number of imidazole rings is 1. The first-order chi connectivity index (χ1) is 24.6. The van der Waals surface area contributed by atoms with Crippen molar-refractivity contribution in [1.82, 2.24) is 31.2 Å². The van der Waals surface area contributed by atoms with Crippen molar-refractivity contribution in [3.8, 4) is 0 Å². The summed E-state index contributed by atoms with van der Waals surface area (Å²) in [5.41, 5.74) is 2.13. The zero-order valence-corrected chi connectivity index (χ0v) is 29.6. The number of rotatable bonds is 19. The van der Waals surface area contributed by atoms with E-state index in [1.54, 1.807) is 6.20 Å². The third kappa shape index (κ3) is 12.6. The van der Waals surface area contributed by atoms with Gasteiger partial charge < -0.3 is 36.1 Å². The summed E-state index contributed by atoms with van der Waals surface area (Å²) in [6.07, 6.45) is 3.27. The van der Waals surface area contributed by atoms with Crippen LogP contribution in [0.2, 0.25) is 0 Å². The Morgan fingerprint density at radius 2 is 1.57 bits per heavy atom. The number of hydrogen-bond acceptors (Lipinski definition) is 7. The fraction of sp³-hybridized carbons (Fsp3) is 0.410. The highest BCUT2D eigenvalue weighted by atomic mass is 16.5. The number of carbonyl (C=O) groups is 4. The predicted molar refractivity (Wildman–Crippen MR) is 195 cm³/mol. The van der Waals surface area contributed by atoms with Crippen LogP contribution in [0.1, 0.15) is 63.3 Å². The summed E-state index contributed by atoms with van der Waals surface area (Å²) in [6, 6.07) is 19.7. The number of nitrogens with zero attached hydrogens (tertiary/aromatic N) is 1. The highest BCUT2D eigenvalue weighted by Gasteiger charge is 2.32. The average molecular weight is 699 g/mol. The molecule has 0 aliphatic rings. The second-order valence-corrected chi connectivity index (χ2v) is 13.1. The lowest BCUT2D eigenvalue weighted by atomic mass is 9.96. The van der Waals surface area contributed by atoms with Crippen LogP contribution in [0, 0.1) is 5.92 Å². The number of amides is 4. The molecular weight excluding hydrogens is 648 g/mol. The Kier molecular flexibility index (Phi) is 15.0. The van der Waals surface area contributed by atoms with E-state index in [9.17, 15) is 24.3 Å². The normalized spacial score (nSPS) is 13.5. The van der Waals surface area contributed by atoms with Gasteiger partial charge in [0.1, 0.15) is 18.7 Å². The lowest BCUT2D eigenvalue weighted by Crippen LogP contribution is -2.57. The van der Waals surface area contributed by atoms with Gasteiger partial charge in [0, 0.05) is 25.6 Å². The standard InChI is InChI=1S/C39H50N6O6/c1-4-5-18-41-36(47)22-35(46)32(19-26(2)3)43-38(49)34(21-30-23-40-25-42-30)44-37(48)33(45-39(50)51-24-27-12-7-6-8-13-27)20-29-16-11-15-28-14-9-10-17-31(28)29/h6-17,23,25-26,32-35,46H,4-5,18-22,24H2,1-3H3,(H,40,42)(H,41,47)(H,43,49)(H,44,48)(H,45,50)/t32?,33-,34-,35?/m0/s1. The monoisotopic (exact) mass is 698 g/mol. The number of ether oxygens (including phenoxy) is 1. The largest absolute Gasteiger partial charge is 0.445 e. The van der Waals surface area contributed by atoms with Crippen molar-refractivity contribution in [2.75, 3.05) is 6.54 Å². The zero-order valence-electron chi connectivity index (χ0n) is 29.6. The number of unbranched alkanes of at least 4 members (excludes halogenated alkanes) is 1. The third-order valence-corrected chi connectivity index (χ3v) is 8.49. The summed E-state index contributed by atoms with van der Waals surface area (Å²) in [7, 11) is 0. The van der Waals surface area contributed by atoms with Gasteiger partial charge in [-0.3, -0.25) is 14.4 Å². The van der Waals surface area contributed by atoms with E-state index < -0.39 is 42.1 Å². The highest BCUT2D eigenvalue weighted by Crippen LogP contribution is 2.20. The molecule has 51 heavy (non-hydrogen) atoms. The van der Waals surface area contributed by atoms with Crippen LogP contribution in [0.5, 0.6) is 0 Å². The molecular formula is C39H50N6O6. The molecule has 0 radical (unpaired) electrons. The average Bonchev–Trinajstić information content (AvgIpc) is 3.63. The molecule has 0 aliphatic carbocycles. The number of fused-ring (bicyclic) bond motifs is 1. The number of alkyl carbamates (subject to hydrolysis) is 1. The molecule has 272 valence electrons. The fourth-order valence-electron chi connectivity index (χ4n) is 5.81. The summed E-state index contributed by atoms with van der Waals surface area (Å²) in [5, 5.41) is 24.2. The minimum Gasteiger partial charge on any atom is -0.445 e. The van der Waals surface area contributed by atoms with Crippen LogP contribution in [0.3, 0.4) is 0 Å². The zero-order chi connectivity index (χ0) is 36.6. The number of H-pyrrole nitrogens is 1. The molecule has 1 aromatic heterocycles. The smallest absolute Gasteiger partial charge is 0.408 e. The Bertz CT molecular complexity index is 1690. The molecule has 0 saturated heterocycles. The molecule has 12 heteroatoms. The molecule has 0 bridgehead atoms. The quantitative estimate of drug-likeness (QED) is 0.0791. The molecule has 2 unspecified atom stereocenters. The number of nitrogens with one attached hydrogen (secondary N) is 5. The van der Waals surface area contributed by atoms with Crippen molar-refractivity contribution in [2.24, 2.45) is 5.92 Å². The third-order valence-electron chi connectivity index (χ3n) is 8.49. The van der Waals surface area contributed by atoms with Crippen LogP contribution >= 0.6 is 0 Å². The summed E-state index contributed by atoms with van der Waals surface area (Å²) in [6.45, 7) is 6.45. The first-order valence-corrected chi connectivity index (χ1v) is 17.6. The second kappa shape index (κ2) is 19.8. The van der Waals surface area contributed by atoms with Crippen LogP contribution in [0.25, 0.3) is 10.8 Å². The van der Waals surface area contributed by atoms with E-state index in [1.807, 2.05) is 93.6 Å². The number of carbonyl (C=O) groups excluding carboxylic acids is 4. The summed E-state index contributed by atoms with van der Waals surface area (Å²) < 4.78 is 5.47. The molecule has 0 spiro atoms. The molecule has 4 aromatic rings. The van der Waals surface area contributed by atoms with Gasteiger partial charge in [0.25, 0.3) is 0 Å². The minimum atomic E-state index is -1.15. The Morgan fingerprint density at radius 1 is 0.863 bits per heavy atom. The van der Waals surface area contributed by atoms with E-state index in [2.05, 4.69) is 31.2 Å². The van der Waals surface area contributed by atoms with Gasteiger partial charge >= 0.3 is 6.09 Å². The number of aliphatic hydroxyl groups excluding tert-OH is 1. The highest BCUT2D eigenvalue weighted by molar-refractivity contribution is 5.93. The second-order valence-electron chi connectivity index (χ2n) is 13.1. The van der Waals surface area contributed by atoms with Crippen LogP contribution in [0.15, 0.2) is 85.3 Å². The van der Waals surface area contributed by atoms with Crippen LogP contribution in [-0.2, 0) is 38.6 Å². The predicted octanol–water partition coefficient (Wildman–Crippen LogP) is 4.33. The molecule has 4 rings (SSSR count). The Morgan fingerprint density at radius 3 is 2.29 bits per heavy atom. The molecule has 0 aliphatic heterocycles. The molecule has 0 saturated carbocycles. The summed E-state index contributed by atoms with van der Waals surface area (Å²) in [5.74, 6) is -1.38. The molecule has 1 heterocycles. The summed E-state index contributed by atoms with van der Waals surface area (Å²) >= 11 is 0. The molecule has 0 fully saturated rings. The maximum Gasteiger partial charge on any atom is 0.408 e. The van der Waals surface area contributed by atoms with Crippen LogP contribution in [0.4, 0.5) is 4.79 Å². The molecule has 12 nitrogen and oxygen atoms in total. The first-order valence-electron chi connectivity index (χ1n) is 17.6. The number of aromatic amines is 1. The van der Waals surface area contributed by atoms with E-state index in [4.69, 9.17) is 4.74 Å². The van der Waals surface area contributed by atoms with Gasteiger partial charge in [-0.05, 0) is 40.7 Å². The van der Waals surface area contributed by atoms with Crippen LogP contribution in [-0.4, -0.2) is 69.7 Å². The molecule has 4 atom stereocenters. The van der Waals surface area contributed by atoms with Crippen molar-refractivity contribution in [2.45, 2.75) is 90.1 Å². The van der Waals surface area contributed by atoms with E-state index in [1.165, 1.54) is 6.33 Å². The lowest BCUT2D eigenvalue weighted by Gasteiger charge is -2.29. The number of aromatic nitrogens is 2. The Hall–Kier alpha value is -5.23. The van der Waals surface area contributed by atoms with E-state index in [0.29, 0.717) is 18.7 Å². The lowest BCUT2D eigenvalue weighted by molar-refractivity contribution is -0.131. The van der Waals surface area contributed by atoms with Crippen molar-refractivity contribution in [3.05, 3.63) is 102 Å². The van der Waals surface area contributed by atoms with Gasteiger partial charge in [-0.1, -0.05) is 100.0 Å². The maximum atomic E-state index is 14.1. The van der Waals surface area contributed by atoms with Gasteiger partial charge in [-0.15, -0.1) is 0 Å². The van der Waals surface area contributed by atoms with Gasteiger partial charge in [-0.25, -0.2) is 9.78 Å². The summed E-state index contributed by atoms with van der Waals surface area (Å²) in [4.78, 5) is 60.8. The van der Waals surface area contributed by atoms with Crippen molar-refractivity contribution < 1.29 is 29.0 Å². The minimum absolute atomic E-state index is 0.00959. The van der Waals surface area contributed by atoms with Crippen molar-refractivity contribution in [3.63, 3.8) is 0 Å². The molecule has 6 N–H and O–H groups in total. The molecule has 3 aromatic carbocycles. The van der Waals surface area contributed by atoms with Gasteiger partial charge in [0.15, 0.2) is 0 Å². The number of aliphatic hydroxyl groups is 1. The Labute approximate surface area is 299 Å². The van der Waals surface area contributed by atoms with Crippen molar-refractivity contribution >= 4 is 34.6 Å².